The van der Waals surface area contributed by atoms with Crippen LogP contribution < -0.4 is 5.32 Å². The first-order valence-corrected chi connectivity index (χ1v) is 10.3. The zero-order valence-corrected chi connectivity index (χ0v) is 17.1. The molecule has 1 saturated heterocycles. The Bertz CT molecular complexity index is 727. The Morgan fingerprint density at radius 2 is 1.88 bits per heavy atom. The second kappa shape index (κ2) is 9.09. The first kappa shape index (κ1) is 19.5. The summed E-state index contributed by atoms with van der Waals surface area (Å²) < 4.78 is 0.752. The fraction of sp³-hybridized carbons (Fsp3) is 0.421. The van der Waals surface area contributed by atoms with Crippen molar-refractivity contribution < 1.29 is 4.79 Å². The quantitative estimate of drug-likeness (QED) is 0.761. The van der Waals surface area contributed by atoms with Crippen LogP contribution in [0.2, 0.25) is 9.36 Å². The molecular formula is C19H23Cl2N3OS. The molecule has 1 aromatic carbocycles. The van der Waals surface area contributed by atoms with E-state index in [1.807, 2.05) is 31.3 Å². The molecule has 0 bridgehead atoms. The highest BCUT2D eigenvalue weighted by molar-refractivity contribution is 7.16. The minimum absolute atomic E-state index is 0.0225. The average molecular weight is 412 g/mol. The summed E-state index contributed by atoms with van der Waals surface area (Å²) in [5.74, 6) is 0. The normalized spacial score (nSPS) is 15.8. The van der Waals surface area contributed by atoms with Crippen LogP contribution in [0.4, 0.5) is 4.79 Å². The highest BCUT2D eigenvalue weighted by Gasteiger charge is 2.22. The number of hydrogen-bond acceptors (Lipinski definition) is 3. The lowest BCUT2D eigenvalue weighted by atomic mass is 10.0. The van der Waals surface area contributed by atoms with Gasteiger partial charge < -0.3 is 10.2 Å². The molecule has 1 fully saturated rings. The fourth-order valence-corrected chi connectivity index (χ4v) is 4.38. The van der Waals surface area contributed by atoms with E-state index in [1.54, 1.807) is 4.90 Å². The summed E-state index contributed by atoms with van der Waals surface area (Å²) in [6, 6.07) is 12.0. The Hall–Kier alpha value is -1.27. The molecule has 1 N–H and O–H groups in total. The van der Waals surface area contributed by atoms with Crippen LogP contribution in [0.5, 0.6) is 0 Å². The van der Waals surface area contributed by atoms with Crippen LogP contribution in [0.15, 0.2) is 36.4 Å². The van der Waals surface area contributed by atoms with Crippen molar-refractivity contribution in [3.05, 3.63) is 56.2 Å². The molecule has 140 valence electrons. The number of thiophene rings is 1. The molecule has 7 heteroatoms. The van der Waals surface area contributed by atoms with E-state index < -0.39 is 0 Å². The van der Waals surface area contributed by atoms with Gasteiger partial charge in [-0.25, -0.2) is 4.79 Å². The van der Waals surface area contributed by atoms with Crippen molar-refractivity contribution >= 4 is 40.6 Å². The van der Waals surface area contributed by atoms with Gasteiger partial charge in [-0.15, -0.1) is 11.3 Å². The molecule has 0 spiro atoms. The maximum absolute atomic E-state index is 12.4. The number of carbonyl (C=O) groups is 1. The summed E-state index contributed by atoms with van der Waals surface area (Å²) in [6.45, 7) is 3.48. The standard InChI is InChI=1S/C19H23Cl2N3OS/c1-23(13-17-6-7-18(21)26-17)19(25)22-16-8-10-24(11-9-16)12-14-2-4-15(20)5-3-14/h2-7,16H,8-13H2,1H3,(H,22,25). The maximum Gasteiger partial charge on any atom is 0.317 e. The van der Waals surface area contributed by atoms with Crippen LogP contribution in [0.1, 0.15) is 23.3 Å². The Labute approximate surface area is 168 Å². The maximum atomic E-state index is 12.4. The zero-order chi connectivity index (χ0) is 18.5. The lowest BCUT2D eigenvalue weighted by Crippen LogP contribution is -2.47. The van der Waals surface area contributed by atoms with E-state index in [1.165, 1.54) is 16.9 Å². The number of likely N-dealkylation sites (tertiary alicyclic amines) is 1. The summed E-state index contributed by atoms with van der Waals surface area (Å²) in [7, 11) is 1.82. The molecule has 26 heavy (non-hydrogen) atoms. The molecular weight excluding hydrogens is 389 g/mol. The topological polar surface area (TPSA) is 35.6 Å². The third-order valence-electron chi connectivity index (χ3n) is 4.60. The number of hydrogen-bond donors (Lipinski definition) is 1. The van der Waals surface area contributed by atoms with Gasteiger partial charge in [-0.2, -0.15) is 0 Å². The van der Waals surface area contributed by atoms with Crippen LogP contribution >= 0.6 is 34.5 Å². The van der Waals surface area contributed by atoms with Crippen LogP contribution in [0, 0.1) is 0 Å². The molecule has 0 atom stereocenters. The minimum atomic E-state index is -0.0225. The summed E-state index contributed by atoms with van der Waals surface area (Å²) in [4.78, 5) is 17.6. The Morgan fingerprint density at radius 1 is 1.19 bits per heavy atom. The second-order valence-electron chi connectivity index (χ2n) is 6.69. The van der Waals surface area contributed by atoms with Gasteiger partial charge in [0.25, 0.3) is 0 Å². The van der Waals surface area contributed by atoms with Crippen molar-refractivity contribution in [3.8, 4) is 0 Å². The van der Waals surface area contributed by atoms with Crippen LogP contribution in [0.25, 0.3) is 0 Å². The number of benzene rings is 1. The largest absolute Gasteiger partial charge is 0.335 e. The van der Waals surface area contributed by atoms with E-state index in [-0.39, 0.29) is 12.1 Å². The van der Waals surface area contributed by atoms with Crippen molar-refractivity contribution in [3.63, 3.8) is 0 Å². The predicted octanol–water partition coefficient (Wildman–Crippen LogP) is 4.86. The monoisotopic (exact) mass is 411 g/mol. The molecule has 3 rings (SSSR count). The number of nitrogens with one attached hydrogen (secondary N) is 1. The molecule has 1 aliphatic rings. The molecule has 2 amide bonds. The Balaban J connectivity index is 1.41. The molecule has 0 aliphatic carbocycles. The van der Waals surface area contributed by atoms with Gasteiger partial charge in [0.05, 0.1) is 10.9 Å². The van der Waals surface area contributed by atoms with Crippen LogP contribution in [-0.4, -0.2) is 42.0 Å². The van der Waals surface area contributed by atoms with E-state index in [2.05, 4.69) is 22.3 Å². The number of amides is 2. The van der Waals surface area contributed by atoms with Gasteiger partial charge in [0, 0.05) is 42.6 Å². The third-order valence-corrected chi connectivity index (χ3v) is 6.07. The van der Waals surface area contributed by atoms with Crippen LogP contribution in [-0.2, 0) is 13.1 Å². The van der Waals surface area contributed by atoms with E-state index in [9.17, 15) is 4.79 Å². The number of carbonyl (C=O) groups excluding carboxylic acids is 1. The molecule has 2 heterocycles. The van der Waals surface area contributed by atoms with Crippen molar-refractivity contribution in [1.29, 1.82) is 0 Å². The van der Waals surface area contributed by atoms with Gasteiger partial charge in [0.15, 0.2) is 0 Å². The third kappa shape index (κ3) is 5.61. The summed E-state index contributed by atoms with van der Waals surface area (Å²) in [6.07, 6.45) is 1.94. The van der Waals surface area contributed by atoms with E-state index in [0.29, 0.717) is 6.54 Å². The molecule has 0 unspecified atom stereocenters. The molecule has 2 aromatic rings. The number of rotatable bonds is 5. The molecule has 1 aliphatic heterocycles. The van der Waals surface area contributed by atoms with Crippen molar-refractivity contribution in [2.75, 3.05) is 20.1 Å². The highest BCUT2D eigenvalue weighted by atomic mass is 35.5. The Kier molecular flexibility index (Phi) is 6.81. The second-order valence-corrected chi connectivity index (χ2v) is 8.92. The first-order chi connectivity index (χ1) is 12.5. The lowest BCUT2D eigenvalue weighted by Gasteiger charge is -2.33. The number of urea groups is 1. The van der Waals surface area contributed by atoms with Crippen molar-refractivity contribution in [1.82, 2.24) is 15.1 Å². The van der Waals surface area contributed by atoms with Gasteiger partial charge >= 0.3 is 6.03 Å². The van der Waals surface area contributed by atoms with Crippen LogP contribution in [0.3, 0.4) is 0 Å². The van der Waals surface area contributed by atoms with Gasteiger partial charge in [-0.1, -0.05) is 35.3 Å². The summed E-state index contributed by atoms with van der Waals surface area (Å²) in [5, 5.41) is 3.92. The van der Waals surface area contributed by atoms with Gasteiger partial charge in [0.2, 0.25) is 0 Å². The summed E-state index contributed by atoms with van der Waals surface area (Å²) in [5.41, 5.74) is 1.27. The lowest BCUT2D eigenvalue weighted by molar-refractivity contribution is 0.173. The minimum Gasteiger partial charge on any atom is -0.335 e. The van der Waals surface area contributed by atoms with Crippen molar-refractivity contribution in [2.45, 2.75) is 32.0 Å². The molecule has 1 aromatic heterocycles. The molecule has 0 radical (unpaired) electrons. The number of halogens is 2. The fourth-order valence-electron chi connectivity index (χ4n) is 3.11. The zero-order valence-electron chi connectivity index (χ0n) is 14.8. The molecule has 4 nitrogen and oxygen atoms in total. The highest BCUT2D eigenvalue weighted by Crippen LogP contribution is 2.22. The Morgan fingerprint density at radius 3 is 2.50 bits per heavy atom. The first-order valence-electron chi connectivity index (χ1n) is 8.72. The van der Waals surface area contributed by atoms with E-state index in [0.717, 1.165) is 46.7 Å². The smallest absolute Gasteiger partial charge is 0.317 e. The number of nitrogens with zero attached hydrogens (tertiary/aromatic N) is 2. The van der Waals surface area contributed by atoms with Gasteiger partial charge in [-0.05, 0) is 42.7 Å². The van der Waals surface area contributed by atoms with E-state index >= 15 is 0 Å². The SMILES string of the molecule is CN(Cc1ccc(Cl)s1)C(=O)NC1CCN(Cc2ccc(Cl)cc2)CC1. The predicted molar refractivity (Wildman–Crippen MR) is 109 cm³/mol. The van der Waals surface area contributed by atoms with E-state index in [4.69, 9.17) is 23.2 Å². The summed E-state index contributed by atoms with van der Waals surface area (Å²) >= 11 is 13.4. The van der Waals surface area contributed by atoms with Gasteiger partial charge in [-0.3, -0.25) is 4.90 Å². The van der Waals surface area contributed by atoms with Crippen molar-refractivity contribution in [2.24, 2.45) is 0 Å². The molecule has 0 saturated carbocycles. The number of piperidine rings is 1. The average Bonchev–Trinajstić information content (AvgIpc) is 3.03. The van der Waals surface area contributed by atoms with Gasteiger partial charge in [0.1, 0.15) is 0 Å².